The zero-order chi connectivity index (χ0) is 21.4. The van der Waals surface area contributed by atoms with Gasteiger partial charge in [0.1, 0.15) is 16.3 Å². The van der Waals surface area contributed by atoms with Gasteiger partial charge in [0.05, 0.1) is 4.90 Å². The van der Waals surface area contributed by atoms with E-state index in [4.69, 9.17) is 0 Å². The van der Waals surface area contributed by atoms with Crippen LogP contribution in [-0.4, -0.2) is 29.0 Å². The molecular formula is C19H16F3N3O3S. The number of pyridine rings is 2. The highest BCUT2D eigenvalue weighted by atomic mass is 32.2. The minimum absolute atomic E-state index is 0.155. The molecule has 0 bridgehead atoms. The largest absolute Gasteiger partial charge is 0.433 e. The molecule has 29 heavy (non-hydrogen) atoms. The normalized spacial score (nSPS) is 12.7. The molecule has 0 saturated carbocycles. The Morgan fingerprint density at radius 1 is 0.966 bits per heavy atom. The average Bonchev–Trinajstić information content (AvgIpc) is 2.67. The van der Waals surface area contributed by atoms with Crippen LogP contribution in [-0.2, 0) is 20.8 Å². The Bertz CT molecular complexity index is 1170. The molecule has 0 fully saturated rings. The zero-order valence-corrected chi connectivity index (χ0v) is 16.2. The predicted octanol–water partition coefficient (Wildman–Crippen LogP) is 3.84. The third-order valence-corrected chi connectivity index (χ3v) is 6.82. The number of benzene rings is 1. The van der Waals surface area contributed by atoms with E-state index in [9.17, 15) is 26.4 Å². The highest BCUT2D eigenvalue weighted by Gasteiger charge is 2.43. The van der Waals surface area contributed by atoms with Gasteiger partial charge in [-0.3, -0.25) is 9.78 Å². The van der Waals surface area contributed by atoms with Gasteiger partial charge in [-0.2, -0.15) is 13.2 Å². The first-order chi connectivity index (χ1) is 13.4. The van der Waals surface area contributed by atoms with E-state index in [0.717, 1.165) is 30.7 Å². The number of aromatic nitrogens is 2. The van der Waals surface area contributed by atoms with Crippen molar-refractivity contribution >= 4 is 32.3 Å². The Morgan fingerprint density at radius 3 is 2.21 bits per heavy atom. The summed E-state index contributed by atoms with van der Waals surface area (Å²) in [5.41, 5.74) is -1.22. The highest BCUT2D eigenvalue weighted by molar-refractivity contribution is 7.93. The molecule has 10 heteroatoms. The summed E-state index contributed by atoms with van der Waals surface area (Å²) < 4.78 is 61.7. The van der Waals surface area contributed by atoms with E-state index < -0.39 is 37.3 Å². The summed E-state index contributed by atoms with van der Waals surface area (Å²) in [6, 6.07) is 10.2. The van der Waals surface area contributed by atoms with E-state index >= 15 is 0 Å². The van der Waals surface area contributed by atoms with Crippen LogP contribution in [0.25, 0.3) is 10.8 Å². The molecule has 1 N–H and O–H groups in total. The summed E-state index contributed by atoms with van der Waals surface area (Å²) in [7, 11) is -4.33. The number of hydrogen-bond donors (Lipinski definition) is 1. The first-order valence-corrected chi connectivity index (χ1v) is 9.85. The minimum Gasteiger partial charge on any atom is -0.309 e. The number of carbonyl (C=O) groups is 1. The summed E-state index contributed by atoms with van der Waals surface area (Å²) in [6.07, 6.45) is -2.56. The summed E-state index contributed by atoms with van der Waals surface area (Å²) in [6.45, 7) is 2.33. The summed E-state index contributed by atoms with van der Waals surface area (Å²) in [4.78, 5) is 19.4. The number of sulfone groups is 1. The van der Waals surface area contributed by atoms with E-state index in [2.05, 4.69) is 15.3 Å². The molecule has 1 aromatic carbocycles. The molecule has 0 aliphatic rings. The van der Waals surface area contributed by atoms with Crippen molar-refractivity contribution in [1.82, 2.24) is 9.97 Å². The quantitative estimate of drug-likeness (QED) is 0.689. The standard InChI is InChI=1S/C19H16F3N3O3S/c1-18(2,29(27,28)14-7-8-15(23-11-14)19(20,21)22)17(26)25-16-9-12-5-3-4-6-13(12)10-24-16/h3-11H,1-2H3,(H,24,25,26). The van der Waals surface area contributed by atoms with Crippen molar-refractivity contribution in [2.45, 2.75) is 29.7 Å². The average molecular weight is 423 g/mol. The maximum atomic E-state index is 12.9. The van der Waals surface area contributed by atoms with Crippen molar-refractivity contribution in [3.63, 3.8) is 0 Å². The molecule has 0 radical (unpaired) electrons. The van der Waals surface area contributed by atoms with Crippen molar-refractivity contribution in [1.29, 1.82) is 0 Å². The summed E-state index contributed by atoms with van der Waals surface area (Å²) >= 11 is 0. The number of hydrogen-bond acceptors (Lipinski definition) is 5. The number of carbonyl (C=O) groups excluding carboxylic acids is 1. The second-order valence-electron chi connectivity index (χ2n) is 6.76. The van der Waals surface area contributed by atoms with E-state index in [1.165, 1.54) is 6.20 Å². The molecule has 0 unspecified atom stereocenters. The van der Waals surface area contributed by atoms with Gasteiger partial charge in [0, 0.05) is 17.8 Å². The second-order valence-corrected chi connectivity index (χ2v) is 9.26. The molecule has 0 spiro atoms. The fourth-order valence-electron chi connectivity index (χ4n) is 2.54. The van der Waals surface area contributed by atoms with Crippen LogP contribution >= 0.6 is 0 Å². The van der Waals surface area contributed by atoms with E-state index in [1.807, 2.05) is 18.2 Å². The molecule has 0 saturated heterocycles. The van der Waals surface area contributed by atoms with Crippen molar-refractivity contribution in [3.05, 3.63) is 60.6 Å². The van der Waals surface area contributed by atoms with Gasteiger partial charge in [-0.05, 0) is 37.4 Å². The van der Waals surface area contributed by atoms with Crippen molar-refractivity contribution in [2.75, 3.05) is 5.32 Å². The number of fused-ring (bicyclic) bond motifs is 1. The number of alkyl halides is 3. The number of rotatable bonds is 4. The maximum absolute atomic E-state index is 12.9. The Balaban J connectivity index is 1.88. The van der Waals surface area contributed by atoms with E-state index in [0.29, 0.717) is 12.3 Å². The van der Waals surface area contributed by atoms with Crippen LogP contribution in [0.1, 0.15) is 19.5 Å². The number of nitrogens with one attached hydrogen (secondary N) is 1. The lowest BCUT2D eigenvalue weighted by Crippen LogP contribution is -2.44. The molecule has 2 aromatic heterocycles. The maximum Gasteiger partial charge on any atom is 0.433 e. The molecule has 0 aliphatic carbocycles. The van der Waals surface area contributed by atoms with Gasteiger partial charge in [0.25, 0.3) is 0 Å². The fraction of sp³-hybridized carbons (Fsp3) is 0.211. The molecule has 2 heterocycles. The molecule has 0 atom stereocenters. The molecule has 0 aliphatic heterocycles. The van der Waals surface area contributed by atoms with Crippen LogP contribution in [0.5, 0.6) is 0 Å². The number of anilines is 1. The van der Waals surface area contributed by atoms with E-state index in [-0.39, 0.29) is 5.82 Å². The monoisotopic (exact) mass is 423 g/mol. The Hall–Kier alpha value is -3.01. The van der Waals surface area contributed by atoms with Gasteiger partial charge in [0.2, 0.25) is 5.91 Å². The smallest absolute Gasteiger partial charge is 0.309 e. The van der Waals surface area contributed by atoms with Crippen LogP contribution in [0, 0.1) is 0 Å². The first kappa shape index (κ1) is 20.7. The van der Waals surface area contributed by atoms with Crippen LogP contribution in [0.2, 0.25) is 0 Å². The fourth-order valence-corrected chi connectivity index (χ4v) is 3.87. The molecule has 152 valence electrons. The van der Waals surface area contributed by atoms with Crippen molar-refractivity contribution < 1.29 is 26.4 Å². The summed E-state index contributed by atoms with van der Waals surface area (Å²) in [5.74, 6) is -0.720. The van der Waals surface area contributed by atoms with Crippen LogP contribution in [0.15, 0.2) is 59.8 Å². The minimum atomic E-state index is -4.70. The molecular weight excluding hydrogens is 407 g/mol. The van der Waals surface area contributed by atoms with Gasteiger partial charge < -0.3 is 5.32 Å². The van der Waals surface area contributed by atoms with Crippen molar-refractivity contribution in [2.24, 2.45) is 0 Å². The number of nitrogens with zero attached hydrogens (tertiary/aromatic N) is 2. The molecule has 6 nitrogen and oxygen atoms in total. The van der Waals surface area contributed by atoms with Gasteiger partial charge in [0.15, 0.2) is 9.84 Å². The number of halogens is 3. The molecule has 1 amide bonds. The van der Waals surface area contributed by atoms with E-state index in [1.54, 1.807) is 12.1 Å². The summed E-state index contributed by atoms with van der Waals surface area (Å²) in [5, 5.41) is 4.09. The number of amides is 1. The lowest BCUT2D eigenvalue weighted by molar-refractivity contribution is -0.141. The lowest BCUT2D eigenvalue weighted by atomic mass is 10.1. The Labute approximate surface area is 164 Å². The van der Waals surface area contributed by atoms with Crippen LogP contribution < -0.4 is 5.32 Å². The van der Waals surface area contributed by atoms with Gasteiger partial charge in [-0.25, -0.2) is 13.4 Å². The third-order valence-electron chi connectivity index (χ3n) is 4.43. The van der Waals surface area contributed by atoms with Gasteiger partial charge >= 0.3 is 6.18 Å². The lowest BCUT2D eigenvalue weighted by Gasteiger charge is -2.23. The first-order valence-electron chi connectivity index (χ1n) is 8.37. The van der Waals surface area contributed by atoms with Crippen LogP contribution in [0.4, 0.5) is 19.0 Å². The van der Waals surface area contributed by atoms with Gasteiger partial charge in [-0.15, -0.1) is 0 Å². The topological polar surface area (TPSA) is 89.0 Å². The predicted molar refractivity (Wildman–Crippen MR) is 101 cm³/mol. The molecule has 3 aromatic rings. The zero-order valence-electron chi connectivity index (χ0n) is 15.4. The Morgan fingerprint density at radius 2 is 1.62 bits per heavy atom. The second kappa shape index (κ2) is 7.11. The third kappa shape index (κ3) is 3.93. The van der Waals surface area contributed by atoms with Gasteiger partial charge in [-0.1, -0.05) is 24.3 Å². The SMILES string of the molecule is CC(C)(C(=O)Nc1cc2ccccc2cn1)S(=O)(=O)c1ccc(C(F)(F)F)nc1. The highest BCUT2D eigenvalue weighted by Crippen LogP contribution is 2.31. The molecule has 3 rings (SSSR count). The Kier molecular flexibility index (Phi) is 5.08. The van der Waals surface area contributed by atoms with Crippen molar-refractivity contribution in [3.8, 4) is 0 Å². The van der Waals surface area contributed by atoms with Crippen LogP contribution in [0.3, 0.4) is 0 Å².